The van der Waals surface area contributed by atoms with Crippen LogP contribution in [0.15, 0.2) is 35.5 Å². The number of nitro groups is 1. The van der Waals surface area contributed by atoms with Crippen molar-refractivity contribution in [3.63, 3.8) is 0 Å². The summed E-state index contributed by atoms with van der Waals surface area (Å²) in [5.74, 6) is -0.402. The molecule has 0 atom stereocenters. The molecule has 0 bridgehead atoms. The SMILES string of the molecule is Cn1cc(S(=O)(=O)N2CCCN(C(=O)c3ccc(Cl)c([N+](=O)[O-])c3)CC2)cn1. The molecule has 12 heteroatoms. The van der Waals surface area contributed by atoms with Crippen LogP contribution in [0.25, 0.3) is 0 Å². The van der Waals surface area contributed by atoms with Crippen molar-refractivity contribution < 1.29 is 18.1 Å². The zero-order valence-corrected chi connectivity index (χ0v) is 16.6. The van der Waals surface area contributed by atoms with Gasteiger partial charge in [-0.25, -0.2) is 8.42 Å². The van der Waals surface area contributed by atoms with Gasteiger partial charge >= 0.3 is 0 Å². The summed E-state index contributed by atoms with van der Waals surface area (Å²) in [6, 6.07) is 3.87. The van der Waals surface area contributed by atoms with Gasteiger partial charge in [0.15, 0.2) is 0 Å². The minimum absolute atomic E-state index is 0.0499. The normalized spacial score (nSPS) is 16.0. The third-order valence-corrected chi connectivity index (χ3v) is 6.62. The van der Waals surface area contributed by atoms with E-state index in [-0.39, 0.29) is 40.8 Å². The third kappa shape index (κ3) is 4.01. The summed E-state index contributed by atoms with van der Waals surface area (Å²) >= 11 is 5.79. The summed E-state index contributed by atoms with van der Waals surface area (Å²) in [7, 11) is -2.06. The monoisotopic (exact) mass is 427 g/mol. The summed E-state index contributed by atoms with van der Waals surface area (Å²) in [4.78, 5) is 24.7. The van der Waals surface area contributed by atoms with Crippen molar-refractivity contribution >= 4 is 33.2 Å². The highest BCUT2D eigenvalue weighted by Crippen LogP contribution is 2.26. The lowest BCUT2D eigenvalue weighted by molar-refractivity contribution is -0.384. The maximum Gasteiger partial charge on any atom is 0.288 e. The summed E-state index contributed by atoms with van der Waals surface area (Å²) < 4.78 is 28.2. The van der Waals surface area contributed by atoms with Gasteiger partial charge in [0, 0.05) is 51.1 Å². The lowest BCUT2D eigenvalue weighted by Gasteiger charge is -2.21. The smallest absolute Gasteiger partial charge is 0.288 e. The Balaban J connectivity index is 1.76. The minimum Gasteiger partial charge on any atom is -0.337 e. The van der Waals surface area contributed by atoms with E-state index < -0.39 is 20.9 Å². The first-order valence-corrected chi connectivity index (χ1v) is 10.2. The summed E-state index contributed by atoms with van der Waals surface area (Å²) in [6.45, 7) is 0.906. The lowest BCUT2D eigenvalue weighted by atomic mass is 10.1. The zero-order chi connectivity index (χ0) is 20.5. The predicted octanol–water partition coefficient (Wildman–Crippen LogP) is 1.52. The first-order valence-electron chi connectivity index (χ1n) is 8.42. The molecule has 1 saturated heterocycles. The molecule has 0 N–H and O–H groups in total. The van der Waals surface area contributed by atoms with E-state index in [1.165, 1.54) is 38.4 Å². The second-order valence-corrected chi connectivity index (χ2v) is 8.67. The molecule has 10 nitrogen and oxygen atoms in total. The number of carbonyl (C=O) groups excluding carboxylic acids is 1. The van der Waals surface area contributed by atoms with E-state index >= 15 is 0 Å². The van der Waals surface area contributed by atoms with Crippen LogP contribution in [0.1, 0.15) is 16.8 Å². The average Bonchev–Trinajstić information content (AvgIpc) is 2.94. The topological polar surface area (TPSA) is 119 Å². The van der Waals surface area contributed by atoms with Gasteiger partial charge in [-0.1, -0.05) is 11.6 Å². The number of nitro benzene ring substituents is 1. The Morgan fingerprint density at radius 1 is 1.25 bits per heavy atom. The van der Waals surface area contributed by atoms with Crippen molar-refractivity contribution in [2.75, 3.05) is 26.2 Å². The van der Waals surface area contributed by atoms with Crippen LogP contribution in [0.4, 0.5) is 5.69 Å². The Morgan fingerprint density at radius 3 is 2.64 bits per heavy atom. The molecule has 2 heterocycles. The second-order valence-electron chi connectivity index (χ2n) is 6.32. The Bertz CT molecular complexity index is 1020. The van der Waals surface area contributed by atoms with Gasteiger partial charge in [0.05, 0.1) is 11.1 Å². The number of nitrogens with zero attached hydrogens (tertiary/aromatic N) is 5. The van der Waals surface area contributed by atoms with E-state index in [9.17, 15) is 23.3 Å². The molecule has 3 rings (SSSR count). The van der Waals surface area contributed by atoms with Gasteiger partial charge in [-0.2, -0.15) is 9.40 Å². The van der Waals surface area contributed by atoms with Gasteiger partial charge in [0.25, 0.3) is 11.6 Å². The number of sulfonamides is 1. The van der Waals surface area contributed by atoms with E-state index in [1.54, 1.807) is 7.05 Å². The summed E-state index contributed by atoms with van der Waals surface area (Å²) in [5.41, 5.74) is -0.206. The third-order valence-electron chi connectivity index (χ3n) is 4.45. The zero-order valence-electron chi connectivity index (χ0n) is 15.0. The number of amides is 1. The Hall–Kier alpha value is -2.50. The highest BCUT2D eigenvalue weighted by Gasteiger charge is 2.30. The standard InChI is InChI=1S/C16H18ClN5O5S/c1-19-11-13(10-18-19)28(26,27)21-6-2-5-20(7-8-21)16(23)12-3-4-14(17)15(9-12)22(24)25/h3-4,9-11H,2,5-8H2,1H3. The first-order chi connectivity index (χ1) is 13.2. The van der Waals surface area contributed by atoms with Gasteiger partial charge in [0.1, 0.15) is 9.92 Å². The Labute approximate surface area is 166 Å². The number of carbonyl (C=O) groups is 1. The number of hydrogen-bond donors (Lipinski definition) is 0. The van der Waals surface area contributed by atoms with Gasteiger partial charge in [-0.15, -0.1) is 0 Å². The number of aryl methyl sites for hydroxylation is 1. The predicted molar refractivity (Wildman–Crippen MR) is 101 cm³/mol. The van der Waals surface area contributed by atoms with Crippen LogP contribution >= 0.6 is 11.6 Å². The van der Waals surface area contributed by atoms with Crippen LogP contribution in [0.5, 0.6) is 0 Å². The van der Waals surface area contributed by atoms with Crippen molar-refractivity contribution in [2.24, 2.45) is 7.05 Å². The van der Waals surface area contributed by atoms with E-state index in [4.69, 9.17) is 11.6 Å². The molecule has 1 aliphatic rings. The van der Waals surface area contributed by atoms with Gasteiger partial charge in [-0.3, -0.25) is 19.6 Å². The molecular weight excluding hydrogens is 410 g/mol. The molecule has 0 saturated carbocycles. The van der Waals surface area contributed by atoms with E-state index in [2.05, 4.69) is 5.10 Å². The molecule has 1 aromatic carbocycles. The number of benzene rings is 1. The van der Waals surface area contributed by atoms with Gasteiger partial charge in [0.2, 0.25) is 10.0 Å². The molecule has 0 spiro atoms. The fraction of sp³-hybridized carbons (Fsp3) is 0.375. The van der Waals surface area contributed by atoms with Crippen molar-refractivity contribution in [1.82, 2.24) is 19.0 Å². The molecule has 1 aromatic heterocycles. The van der Waals surface area contributed by atoms with Crippen LogP contribution in [-0.4, -0.2) is 64.4 Å². The first kappa shape index (κ1) is 20.2. The number of hydrogen-bond acceptors (Lipinski definition) is 6. The number of halogens is 1. The Kier molecular flexibility index (Phi) is 5.68. The maximum absolute atomic E-state index is 12.7. The van der Waals surface area contributed by atoms with Crippen LogP contribution in [0.2, 0.25) is 5.02 Å². The molecule has 2 aromatic rings. The average molecular weight is 428 g/mol. The van der Waals surface area contributed by atoms with Crippen molar-refractivity contribution in [1.29, 1.82) is 0 Å². The Morgan fingerprint density at radius 2 is 2.00 bits per heavy atom. The molecule has 1 fully saturated rings. The van der Waals surface area contributed by atoms with E-state index in [0.29, 0.717) is 13.0 Å². The fourth-order valence-corrected chi connectivity index (χ4v) is 4.63. The van der Waals surface area contributed by atoms with Gasteiger partial charge < -0.3 is 4.90 Å². The molecule has 150 valence electrons. The largest absolute Gasteiger partial charge is 0.337 e. The highest BCUT2D eigenvalue weighted by atomic mass is 35.5. The summed E-state index contributed by atoms with van der Waals surface area (Å²) in [5, 5.41) is 14.9. The van der Waals surface area contributed by atoms with Crippen LogP contribution in [-0.2, 0) is 17.1 Å². The maximum atomic E-state index is 12.7. The molecular formula is C16H18ClN5O5S. The number of rotatable bonds is 4. The van der Waals surface area contributed by atoms with Crippen LogP contribution in [0.3, 0.4) is 0 Å². The van der Waals surface area contributed by atoms with Crippen molar-refractivity contribution in [3.05, 3.63) is 51.3 Å². The second kappa shape index (κ2) is 7.86. The quantitative estimate of drug-likeness (QED) is 0.539. The van der Waals surface area contributed by atoms with Crippen LogP contribution < -0.4 is 0 Å². The molecule has 0 unspecified atom stereocenters. The van der Waals surface area contributed by atoms with Gasteiger partial charge in [-0.05, 0) is 18.6 Å². The fourth-order valence-electron chi connectivity index (χ4n) is 2.99. The molecule has 1 amide bonds. The van der Waals surface area contributed by atoms with Crippen molar-refractivity contribution in [3.8, 4) is 0 Å². The molecule has 0 radical (unpaired) electrons. The van der Waals surface area contributed by atoms with E-state index in [0.717, 1.165) is 6.07 Å². The lowest BCUT2D eigenvalue weighted by Crippen LogP contribution is -2.37. The molecule has 1 aliphatic heterocycles. The van der Waals surface area contributed by atoms with Crippen molar-refractivity contribution in [2.45, 2.75) is 11.3 Å². The van der Waals surface area contributed by atoms with E-state index in [1.807, 2.05) is 0 Å². The van der Waals surface area contributed by atoms with Crippen LogP contribution in [0, 0.1) is 10.1 Å². The molecule has 0 aliphatic carbocycles. The summed E-state index contributed by atoms with van der Waals surface area (Å²) in [6.07, 6.45) is 3.16. The molecule has 28 heavy (non-hydrogen) atoms. The highest BCUT2D eigenvalue weighted by molar-refractivity contribution is 7.89. The minimum atomic E-state index is -3.70. The number of aromatic nitrogens is 2.